The van der Waals surface area contributed by atoms with Crippen LogP contribution in [0.1, 0.15) is 47.2 Å². The molecule has 3 aliphatic heterocycles. The van der Waals surface area contributed by atoms with Crippen LogP contribution in [0.15, 0.2) is 12.1 Å². The summed E-state index contributed by atoms with van der Waals surface area (Å²) in [7, 11) is 0. The van der Waals surface area contributed by atoms with E-state index in [1.54, 1.807) is 11.5 Å². The van der Waals surface area contributed by atoms with E-state index in [1.165, 1.54) is 38.3 Å². The molecule has 0 radical (unpaired) electrons. The molecule has 2 N–H and O–H groups in total. The Morgan fingerprint density at radius 3 is 2.84 bits per heavy atom. The lowest BCUT2D eigenvalue weighted by Gasteiger charge is -2.42. The van der Waals surface area contributed by atoms with Gasteiger partial charge < -0.3 is 0 Å². The van der Waals surface area contributed by atoms with Crippen molar-refractivity contribution in [3.63, 3.8) is 0 Å². The zero-order chi connectivity index (χ0) is 17.2. The van der Waals surface area contributed by atoms with Crippen LogP contribution < -0.4 is 5.48 Å². The Morgan fingerprint density at radius 2 is 2.12 bits per heavy atom. The summed E-state index contributed by atoms with van der Waals surface area (Å²) in [5.74, 6) is -0.995. The third kappa shape index (κ3) is 2.58. The van der Waals surface area contributed by atoms with Crippen molar-refractivity contribution in [2.24, 2.45) is 5.41 Å². The molecule has 0 atom stereocenters. The fourth-order valence-corrected chi connectivity index (χ4v) is 5.31. The van der Waals surface area contributed by atoms with Crippen LogP contribution in [-0.2, 0) is 13.0 Å². The number of amides is 1. The molecule has 5 nitrogen and oxygen atoms in total. The van der Waals surface area contributed by atoms with Gasteiger partial charge in [-0.3, -0.25) is 19.8 Å². The smallest absolute Gasteiger partial charge is 0.274 e. The van der Waals surface area contributed by atoms with Gasteiger partial charge in [0.15, 0.2) is 0 Å². The molecule has 6 rings (SSSR count). The first-order chi connectivity index (χ1) is 12.1. The minimum Gasteiger partial charge on any atom is -0.298 e. The van der Waals surface area contributed by atoms with Gasteiger partial charge in [-0.05, 0) is 55.2 Å². The van der Waals surface area contributed by atoms with Gasteiger partial charge in [-0.2, -0.15) is 0 Å². The van der Waals surface area contributed by atoms with Gasteiger partial charge in [-0.1, -0.05) is 0 Å². The van der Waals surface area contributed by atoms with Crippen LogP contribution in [0.2, 0.25) is 0 Å². The molecule has 1 amide bonds. The first-order valence-electron chi connectivity index (χ1n) is 9.31. The average Bonchev–Trinajstić information content (AvgIpc) is 3.29. The number of carbonyl (C=O) groups excluding carboxylic acids is 1. The summed E-state index contributed by atoms with van der Waals surface area (Å²) >= 11 is 0. The second-order valence-electron chi connectivity index (χ2n) is 8.46. The lowest BCUT2D eigenvalue weighted by atomic mass is 9.69. The summed E-state index contributed by atoms with van der Waals surface area (Å²) < 4.78 is 14.5. The molecule has 1 aromatic carbocycles. The SMILES string of the molecule is O=C(NO)c1cc(F)c2c(c1)CCN(CC13CC(C1)N(C1CC1)C3)C2. The Morgan fingerprint density at radius 1 is 1.32 bits per heavy atom. The van der Waals surface area contributed by atoms with E-state index in [4.69, 9.17) is 5.21 Å². The van der Waals surface area contributed by atoms with E-state index in [2.05, 4.69) is 9.80 Å². The molecule has 2 saturated carbocycles. The third-order valence-corrected chi connectivity index (χ3v) is 6.63. The van der Waals surface area contributed by atoms with E-state index in [1.807, 2.05) is 0 Å². The Bertz CT molecular complexity index is 728. The van der Waals surface area contributed by atoms with Gasteiger partial charge in [0.25, 0.3) is 5.91 Å². The number of halogens is 1. The van der Waals surface area contributed by atoms with E-state index < -0.39 is 5.91 Å². The number of benzene rings is 1. The van der Waals surface area contributed by atoms with Gasteiger partial charge in [0.05, 0.1) is 0 Å². The highest BCUT2D eigenvalue weighted by Gasteiger charge is 2.58. The molecular formula is C19H24FN3O2. The number of fused-ring (bicyclic) bond motifs is 2. The Balaban J connectivity index is 1.29. The van der Waals surface area contributed by atoms with Crippen LogP contribution in [0, 0.1) is 11.2 Å². The maximum Gasteiger partial charge on any atom is 0.274 e. The van der Waals surface area contributed by atoms with Gasteiger partial charge in [0.2, 0.25) is 0 Å². The molecule has 1 aromatic rings. The average molecular weight is 345 g/mol. The minimum atomic E-state index is -0.658. The van der Waals surface area contributed by atoms with Crippen LogP contribution in [0.4, 0.5) is 4.39 Å². The molecule has 0 aromatic heterocycles. The van der Waals surface area contributed by atoms with E-state index in [9.17, 15) is 9.18 Å². The van der Waals surface area contributed by atoms with Crippen LogP contribution in [0.25, 0.3) is 0 Å². The van der Waals surface area contributed by atoms with Crippen molar-refractivity contribution in [3.05, 3.63) is 34.6 Å². The second-order valence-corrected chi connectivity index (χ2v) is 8.46. The van der Waals surface area contributed by atoms with Crippen molar-refractivity contribution in [3.8, 4) is 0 Å². The molecular weight excluding hydrogens is 321 g/mol. The van der Waals surface area contributed by atoms with E-state index in [0.717, 1.165) is 37.2 Å². The molecule has 2 bridgehead atoms. The fraction of sp³-hybridized carbons (Fsp3) is 0.632. The largest absolute Gasteiger partial charge is 0.298 e. The number of nitrogens with one attached hydrogen (secondary N) is 1. The number of hydrogen-bond donors (Lipinski definition) is 2. The summed E-state index contributed by atoms with van der Waals surface area (Å²) in [4.78, 5) is 16.7. The molecule has 5 aliphatic rings. The first kappa shape index (κ1) is 15.7. The summed E-state index contributed by atoms with van der Waals surface area (Å²) in [5.41, 5.74) is 3.80. The lowest BCUT2D eigenvalue weighted by Crippen LogP contribution is -2.45. The highest BCUT2D eigenvalue weighted by atomic mass is 19.1. The van der Waals surface area contributed by atoms with E-state index in [-0.39, 0.29) is 11.4 Å². The highest BCUT2D eigenvalue weighted by Crippen LogP contribution is 2.55. The topological polar surface area (TPSA) is 55.8 Å². The predicted octanol–water partition coefficient (Wildman–Crippen LogP) is 1.93. The molecule has 0 spiro atoms. The van der Waals surface area contributed by atoms with Crippen molar-refractivity contribution >= 4 is 5.91 Å². The zero-order valence-corrected chi connectivity index (χ0v) is 14.3. The number of hydroxylamine groups is 1. The first-order valence-corrected chi connectivity index (χ1v) is 9.31. The summed E-state index contributed by atoms with van der Waals surface area (Å²) in [6.07, 6.45) is 6.12. The third-order valence-electron chi connectivity index (χ3n) is 6.63. The standard InChI is InChI=1S/C19H24FN3O2/c20-17-6-13(18(24)21-25)5-12-3-4-22(9-16(12)17)10-19-7-15(8-19)23(11-19)14-1-2-14/h5-6,14-15,25H,1-4,7-11H2,(H,21,24). The number of nitrogens with zero attached hydrogens (tertiary/aromatic N) is 2. The molecule has 3 heterocycles. The summed E-state index contributed by atoms with van der Waals surface area (Å²) in [5, 5.41) is 8.75. The maximum absolute atomic E-state index is 14.5. The Kier molecular flexibility index (Phi) is 3.46. The van der Waals surface area contributed by atoms with Crippen molar-refractivity contribution in [2.75, 3.05) is 19.6 Å². The van der Waals surface area contributed by atoms with Crippen LogP contribution >= 0.6 is 0 Å². The second kappa shape index (κ2) is 5.50. The van der Waals surface area contributed by atoms with Gasteiger partial charge >= 0.3 is 0 Å². The fourth-order valence-electron chi connectivity index (χ4n) is 5.31. The maximum atomic E-state index is 14.5. The monoisotopic (exact) mass is 345 g/mol. The van der Waals surface area contributed by atoms with Crippen LogP contribution in [0.3, 0.4) is 0 Å². The minimum absolute atomic E-state index is 0.184. The van der Waals surface area contributed by atoms with Crippen molar-refractivity contribution < 1.29 is 14.4 Å². The van der Waals surface area contributed by atoms with Crippen molar-refractivity contribution in [1.82, 2.24) is 15.3 Å². The summed E-state index contributed by atoms with van der Waals surface area (Å²) in [6, 6.07) is 4.60. The normalized spacial score (nSPS) is 31.5. The number of rotatable bonds is 4. The van der Waals surface area contributed by atoms with Gasteiger partial charge in [0, 0.05) is 49.4 Å². The number of hydrogen-bond acceptors (Lipinski definition) is 4. The van der Waals surface area contributed by atoms with Crippen LogP contribution in [-0.4, -0.2) is 52.6 Å². The van der Waals surface area contributed by atoms with E-state index >= 15 is 0 Å². The molecule has 4 fully saturated rings. The van der Waals surface area contributed by atoms with Gasteiger partial charge in [-0.25, -0.2) is 9.87 Å². The quantitative estimate of drug-likeness (QED) is 0.647. The van der Waals surface area contributed by atoms with Crippen molar-refractivity contribution in [2.45, 2.75) is 50.7 Å². The highest BCUT2D eigenvalue weighted by molar-refractivity contribution is 5.93. The molecule has 134 valence electrons. The van der Waals surface area contributed by atoms with E-state index in [0.29, 0.717) is 17.5 Å². The van der Waals surface area contributed by atoms with Gasteiger partial charge in [0.1, 0.15) is 5.82 Å². The lowest BCUT2D eigenvalue weighted by molar-refractivity contribution is 0.0705. The predicted molar refractivity (Wildman–Crippen MR) is 89.8 cm³/mol. The Hall–Kier alpha value is -1.50. The molecule has 6 heteroatoms. The van der Waals surface area contributed by atoms with Crippen LogP contribution in [0.5, 0.6) is 0 Å². The van der Waals surface area contributed by atoms with Gasteiger partial charge in [-0.15, -0.1) is 0 Å². The van der Waals surface area contributed by atoms with Crippen molar-refractivity contribution in [1.29, 1.82) is 0 Å². The number of carbonyl (C=O) groups is 1. The molecule has 2 saturated heterocycles. The molecule has 25 heavy (non-hydrogen) atoms. The zero-order valence-electron chi connectivity index (χ0n) is 14.3. The molecule has 0 unspecified atom stereocenters. The Labute approximate surface area is 146 Å². The molecule has 2 aliphatic carbocycles. The summed E-state index contributed by atoms with van der Waals surface area (Å²) in [6.45, 7) is 3.82.